The van der Waals surface area contributed by atoms with Gasteiger partial charge in [0.1, 0.15) is 11.6 Å². The van der Waals surface area contributed by atoms with Gasteiger partial charge in [-0.2, -0.15) is 0 Å². The highest BCUT2D eigenvalue weighted by molar-refractivity contribution is 5.76. The molecule has 0 amide bonds. The van der Waals surface area contributed by atoms with Gasteiger partial charge in [0.2, 0.25) is 0 Å². The zero-order chi connectivity index (χ0) is 14.7. The molecule has 20 heavy (non-hydrogen) atoms. The number of halogens is 1. The Balaban J connectivity index is 2.33. The third-order valence-corrected chi connectivity index (χ3v) is 3.71. The maximum absolute atomic E-state index is 13.4. The molecule has 2 aromatic rings. The van der Waals surface area contributed by atoms with Crippen LogP contribution in [0.15, 0.2) is 18.2 Å². The summed E-state index contributed by atoms with van der Waals surface area (Å²) in [5.41, 5.74) is 7.62. The molecule has 0 aliphatic heterocycles. The van der Waals surface area contributed by atoms with E-state index < -0.39 is 0 Å². The van der Waals surface area contributed by atoms with Gasteiger partial charge in [-0.3, -0.25) is 0 Å². The summed E-state index contributed by atoms with van der Waals surface area (Å²) < 4.78 is 15.5. The average molecular weight is 277 g/mol. The van der Waals surface area contributed by atoms with Gasteiger partial charge in [-0.25, -0.2) is 9.37 Å². The van der Waals surface area contributed by atoms with E-state index >= 15 is 0 Å². The second kappa shape index (κ2) is 6.35. The Morgan fingerprint density at radius 1 is 1.35 bits per heavy atom. The Kier molecular flexibility index (Phi) is 4.76. The van der Waals surface area contributed by atoms with E-state index in [0.717, 1.165) is 36.2 Å². The summed E-state index contributed by atoms with van der Waals surface area (Å²) in [5, 5.41) is 0. The Morgan fingerprint density at radius 2 is 2.10 bits per heavy atom. The number of nitrogens with two attached hydrogens (primary N) is 1. The zero-order valence-electron chi connectivity index (χ0n) is 12.6. The largest absolute Gasteiger partial charge is 0.330 e. The summed E-state index contributed by atoms with van der Waals surface area (Å²) in [6.07, 6.45) is 1.95. The number of hydrogen-bond donors (Lipinski definition) is 1. The van der Waals surface area contributed by atoms with E-state index in [0.29, 0.717) is 18.4 Å². The minimum Gasteiger partial charge on any atom is -0.330 e. The van der Waals surface area contributed by atoms with Crippen LogP contribution in [0.4, 0.5) is 4.39 Å². The Morgan fingerprint density at radius 3 is 2.70 bits per heavy atom. The first-order valence-electron chi connectivity index (χ1n) is 7.39. The van der Waals surface area contributed by atoms with Crippen molar-refractivity contribution in [1.29, 1.82) is 0 Å². The molecule has 0 fully saturated rings. The molecule has 1 heterocycles. The standard InChI is InChI=1S/C16H24FN3/c1-4-20-15-9-13(17)5-6-14(15)19-16(20)8-12(10-18)7-11(2)3/h5-6,9,11-12H,4,7-8,10,18H2,1-3H3. The van der Waals surface area contributed by atoms with Crippen LogP contribution in [0.5, 0.6) is 0 Å². The first-order valence-corrected chi connectivity index (χ1v) is 7.39. The van der Waals surface area contributed by atoms with Crippen molar-refractivity contribution >= 4 is 11.0 Å². The van der Waals surface area contributed by atoms with Crippen LogP contribution in [-0.4, -0.2) is 16.1 Å². The van der Waals surface area contributed by atoms with Crippen molar-refractivity contribution in [1.82, 2.24) is 9.55 Å². The number of aromatic nitrogens is 2. The molecular formula is C16H24FN3. The normalized spacial score (nSPS) is 13.3. The minimum absolute atomic E-state index is 0.212. The molecule has 1 unspecified atom stereocenters. The predicted molar refractivity (Wildman–Crippen MR) is 81.1 cm³/mol. The first-order chi connectivity index (χ1) is 9.55. The third kappa shape index (κ3) is 3.18. The van der Waals surface area contributed by atoms with Gasteiger partial charge in [-0.1, -0.05) is 13.8 Å². The number of benzene rings is 1. The monoisotopic (exact) mass is 277 g/mol. The number of rotatable bonds is 6. The van der Waals surface area contributed by atoms with Crippen molar-refractivity contribution in [3.63, 3.8) is 0 Å². The average Bonchev–Trinajstić information content (AvgIpc) is 2.73. The predicted octanol–water partition coefficient (Wildman–Crippen LogP) is 3.36. The van der Waals surface area contributed by atoms with Gasteiger partial charge < -0.3 is 10.3 Å². The van der Waals surface area contributed by atoms with Crippen LogP contribution in [-0.2, 0) is 13.0 Å². The Bertz CT molecular complexity index is 574. The van der Waals surface area contributed by atoms with E-state index in [1.54, 1.807) is 12.1 Å². The Hall–Kier alpha value is -1.42. The highest BCUT2D eigenvalue weighted by Crippen LogP contribution is 2.22. The van der Waals surface area contributed by atoms with Gasteiger partial charge >= 0.3 is 0 Å². The van der Waals surface area contributed by atoms with Crippen LogP contribution >= 0.6 is 0 Å². The van der Waals surface area contributed by atoms with E-state index in [-0.39, 0.29) is 5.82 Å². The molecule has 0 saturated carbocycles. The van der Waals surface area contributed by atoms with Crippen molar-refractivity contribution in [3.8, 4) is 0 Å². The lowest BCUT2D eigenvalue weighted by Crippen LogP contribution is -2.20. The summed E-state index contributed by atoms with van der Waals surface area (Å²) in [6.45, 7) is 7.95. The molecule has 0 bridgehead atoms. The van der Waals surface area contributed by atoms with Crippen LogP contribution in [0.25, 0.3) is 11.0 Å². The van der Waals surface area contributed by atoms with Gasteiger partial charge in [-0.15, -0.1) is 0 Å². The SMILES string of the molecule is CCn1c(CC(CN)CC(C)C)nc2ccc(F)cc21. The van der Waals surface area contributed by atoms with Gasteiger partial charge in [0, 0.05) is 13.0 Å². The van der Waals surface area contributed by atoms with Crippen molar-refractivity contribution in [2.24, 2.45) is 17.6 Å². The van der Waals surface area contributed by atoms with Crippen LogP contribution < -0.4 is 5.73 Å². The molecule has 2 N–H and O–H groups in total. The fourth-order valence-corrected chi connectivity index (χ4v) is 2.84. The number of imidazole rings is 1. The molecule has 0 radical (unpaired) electrons. The molecular weight excluding hydrogens is 253 g/mol. The van der Waals surface area contributed by atoms with E-state index in [1.165, 1.54) is 6.07 Å². The maximum Gasteiger partial charge on any atom is 0.125 e. The molecule has 1 aromatic heterocycles. The summed E-state index contributed by atoms with van der Waals surface area (Å²) in [4.78, 5) is 4.66. The second-order valence-corrected chi connectivity index (χ2v) is 5.84. The fraction of sp³-hybridized carbons (Fsp3) is 0.562. The number of aryl methyl sites for hydroxylation is 1. The highest BCUT2D eigenvalue weighted by Gasteiger charge is 2.16. The topological polar surface area (TPSA) is 43.8 Å². The van der Waals surface area contributed by atoms with Crippen molar-refractivity contribution in [2.45, 2.75) is 40.2 Å². The van der Waals surface area contributed by atoms with E-state index in [4.69, 9.17) is 5.73 Å². The van der Waals surface area contributed by atoms with Crippen molar-refractivity contribution in [3.05, 3.63) is 29.8 Å². The number of nitrogens with zero attached hydrogens (tertiary/aromatic N) is 2. The number of fused-ring (bicyclic) bond motifs is 1. The molecule has 1 atom stereocenters. The van der Waals surface area contributed by atoms with E-state index in [1.807, 2.05) is 0 Å². The summed E-state index contributed by atoms with van der Waals surface area (Å²) in [7, 11) is 0. The van der Waals surface area contributed by atoms with Gasteiger partial charge in [0.25, 0.3) is 0 Å². The lowest BCUT2D eigenvalue weighted by atomic mass is 9.94. The van der Waals surface area contributed by atoms with Crippen molar-refractivity contribution < 1.29 is 4.39 Å². The van der Waals surface area contributed by atoms with Gasteiger partial charge in [0.05, 0.1) is 11.0 Å². The molecule has 1 aromatic carbocycles. The molecule has 4 heteroatoms. The lowest BCUT2D eigenvalue weighted by molar-refractivity contribution is 0.404. The lowest BCUT2D eigenvalue weighted by Gasteiger charge is -2.17. The van der Waals surface area contributed by atoms with Crippen LogP contribution in [0.1, 0.15) is 33.0 Å². The Labute approximate surface area is 120 Å². The molecule has 0 aliphatic rings. The van der Waals surface area contributed by atoms with E-state index in [2.05, 4.69) is 30.3 Å². The first kappa shape index (κ1) is 15.0. The van der Waals surface area contributed by atoms with Gasteiger partial charge in [-0.05, 0) is 49.9 Å². The molecule has 2 rings (SSSR count). The highest BCUT2D eigenvalue weighted by atomic mass is 19.1. The molecule has 0 saturated heterocycles. The van der Waals surface area contributed by atoms with E-state index in [9.17, 15) is 4.39 Å². The van der Waals surface area contributed by atoms with Crippen LogP contribution in [0.3, 0.4) is 0 Å². The minimum atomic E-state index is -0.212. The molecule has 110 valence electrons. The van der Waals surface area contributed by atoms with Crippen molar-refractivity contribution in [2.75, 3.05) is 6.54 Å². The fourth-order valence-electron chi connectivity index (χ4n) is 2.84. The molecule has 3 nitrogen and oxygen atoms in total. The summed E-state index contributed by atoms with van der Waals surface area (Å²) in [6, 6.07) is 4.78. The van der Waals surface area contributed by atoms with Crippen LogP contribution in [0.2, 0.25) is 0 Å². The maximum atomic E-state index is 13.4. The number of hydrogen-bond acceptors (Lipinski definition) is 2. The van der Waals surface area contributed by atoms with Gasteiger partial charge in [0.15, 0.2) is 0 Å². The molecule has 0 aliphatic carbocycles. The smallest absolute Gasteiger partial charge is 0.125 e. The zero-order valence-corrected chi connectivity index (χ0v) is 12.6. The second-order valence-electron chi connectivity index (χ2n) is 5.84. The molecule has 0 spiro atoms. The summed E-state index contributed by atoms with van der Waals surface area (Å²) >= 11 is 0. The quantitative estimate of drug-likeness (QED) is 0.880. The summed E-state index contributed by atoms with van der Waals surface area (Å²) in [5.74, 6) is 1.86. The third-order valence-electron chi connectivity index (χ3n) is 3.71. The van der Waals surface area contributed by atoms with Crippen LogP contribution in [0, 0.1) is 17.7 Å².